The van der Waals surface area contributed by atoms with Crippen molar-refractivity contribution in [2.24, 2.45) is 0 Å². The third-order valence-corrected chi connectivity index (χ3v) is 6.21. The number of nitriles is 1. The first-order valence-corrected chi connectivity index (χ1v) is 9.61. The Kier molecular flexibility index (Phi) is 5.29. The average Bonchev–Trinajstić information content (AvgIpc) is 2.94. The number of carbonyl (C=O) groups is 1. The number of aromatic nitrogens is 1. The zero-order valence-electron chi connectivity index (χ0n) is 12.8. The summed E-state index contributed by atoms with van der Waals surface area (Å²) in [6, 6.07) is 7.72. The summed E-state index contributed by atoms with van der Waals surface area (Å²) in [5.41, 5.74) is 1.07. The maximum atomic E-state index is 12.5. The number of aryl methyl sites for hydroxylation is 1. The van der Waals surface area contributed by atoms with E-state index in [0.717, 1.165) is 5.69 Å². The van der Waals surface area contributed by atoms with Crippen LogP contribution in [0.4, 0.5) is 0 Å². The average molecular weight is 348 g/mol. The second-order valence-electron chi connectivity index (χ2n) is 5.10. The highest BCUT2D eigenvalue weighted by Gasteiger charge is 2.25. The van der Waals surface area contributed by atoms with Crippen molar-refractivity contribution < 1.29 is 13.2 Å². The minimum absolute atomic E-state index is 0.0690. The number of rotatable bonds is 6. The van der Waals surface area contributed by atoms with Gasteiger partial charge in [0.25, 0.3) is 0 Å². The lowest BCUT2D eigenvalue weighted by Gasteiger charge is -2.07. The fourth-order valence-corrected chi connectivity index (χ4v) is 4.27. The van der Waals surface area contributed by atoms with Gasteiger partial charge in [0.05, 0.1) is 16.7 Å². The van der Waals surface area contributed by atoms with Gasteiger partial charge < -0.3 is 0 Å². The van der Waals surface area contributed by atoms with Crippen LogP contribution in [0.5, 0.6) is 0 Å². The largest absolute Gasteiger partial charge is 0.292 e. The molecule has 1 atom stereocenters. The molecule has 0 aliphatic carbocycles. The lowest BCUT2D eigenvalue weighted by Crippen LogP contribution is -2.12. The van der Waals surface area contributed by atoms with Crippen molar-refractivity contribution in [2.45, 2.75) is 31.1 Å². The fraction of sp³-hybridized carbons (Fsp3) is 0.312. The van der Waals surface area contributed by atoms with Gasteiger partial charge in [0.15, 0.2) is 21.5 Å². The molecule has 0 saturated heterocycles. The molecule has 120 valence electrons. The van der Waals surface area contributed by atoms with Crippen molar-refractivity contribution in [3.05, 3.63) is 45.9 Å². The molecule has 0 amide bonds. The minimum atomic E-state index is -3.31. The van der Waals surface area contributed by atoms with Crippen molar-refractivity contribution >= 4 is 27.0 Å². The Morgan fingerprint density at radius 3 is 2.48 bits per heavy atom. The monoisotopic (exact) mass is 348 g/mol. The molecular formula is C16H16N2O3S2. The molecule has 1 aromatic heterocycles. The van der Waals surface area contributed by atoms with E-state index in [0.29, 0.717) is 17.0 Å². The van der Waals surface area contributed by atoms with Crippen molar-refractivity contribution in [3.8, 4) is 6.07 Å². The van der Waals surface area contributed by atoms with Crippen LogP contribution in [0, 0.1) is 18.3 Å². The quantitative estimate of drug-likeness (QED) is 0.748. The molecule has 1 aromatic carbocycles. The zero-order chi connectivity index (χ0) is 17.0. The Morgan fingerprint density at radius 2 is 2.00 bits per heavy atom. The predicted molar refractivity (Wildman–Crippen MR) is 88.3 cm³/mol. The molecule has 0 bridgehead atoms. The summed E-state index contributed by atoms with van der Waals surface area (Å²) in [5.74, 6) is -1.27. The van der Waals surface area contributed by atoms with Crippen LogP contribution in [0.2, 0.25) is 0 Å². The number of ketones is 1. The van der Waals surface area contributed by atoms with Gasteiger partial charge in [-0.15, -0.1) is 11.3 Å². The Hall–Kier alpha value is -2.04. The lowest BCUT2D eigenvalue weighted by atomic mass is 9.99. The van der Waals surface area contributed by atoms with Gasteiger partial charge in [-0.3, -0.25) is 4.79 Å². The number of thiazole rings is 1. The van der Waals surface area contributed by atoms with E-state index in [4.69, 9.17) is 0 Å². The van der Waals surface area contributed by atoms with Gasteiger partial charge in [-0.05, 0) is 25.5 Å². The minimum Gasteiger partial charge on any atom is -0.292 e. The second-order valence-corrected chi connectivity index (χ2v) is 8.10. The highest BCUT2D eigenvalue weighted by Crippen LogP contribution is 2.24. The van der Waals surface area contributed by atoms with Gasteiger partial charge in [0.2, 0.25) is 0 Å². The van der Waals surface area contributed by atoms with Crippen LogP contribution in [-0.2, 0) is 9.84 Å². The summed E-state index contributed by atoms with van der Waals surface area (Å²) < 4.78 is 24.0. The highest BCUT2D eigenvalue weighted by molar-refractivity contribution is 7.91. The summed E-state index contributed by atoms with van der Waals surface area (Å²) in [6.45, 7) is 3.59. The smallest absolute Gasteiger partial charge is 0.186 e. The van der Waals surface area contributed by atoms with Crippen LogP contribution in [0.3, 0.4) is 0 Å². The molecule has 1 heterocycles. The second kappa shape index (κ2) is 7.02. The molecule has 5 nitrogen and oxygen atoms in total. The summed E-state index contributed by atoms with van der Waals surface area (Å²) in [5, 5.41) is 11.5. The SMILES string of the molecule is CCCS(=O)(=O)c1ccc(C(=O)[C@H](C#N)c2nc(C)cs2)cc1. The van der Waals surface area contributed by atoms with Crippen molar-refractivity contribution in [3.63, 3.8) is 0 Å². The van der Waals surface area contributed by atoms with Crippen LogP contribution in [0.1, 0.15) is 40.3 Å². The standard InChI is InChI=1S/C16H16N2O3S2/c1-3-8-23(20,21)13-6-4-12(5-7-13)15(19)14(9-17)16-18-11(2)10-22-16/h4-7,10,14H,3,8H2,1-2H3/t14-/m0/s1. The normalized spacial score (nSPS) is 12.6. The molecule has 23 heavy (non-hydrogen) atoms. The topological polar surface area (TPSA) is 87.9 Å². The first-order valence-electron chi connectivity index (χ1n) is 7.07. The Bertz CT molecular complexity index is 846. The first-order chi connectivity index (χ1) is 10.9. The third-order valence-electron chi connectivity index (χ3n) is 3.25. The zero-order valence-corrected chi connectivity index (χ0v) is 14.4. The third kappa shape index (κ3) is 3.84. The van der Waals surface area contributed by atoms with Crippen LogP contribution in [-0.4, -0.2) is 24.9 Å². The van der Waals surface area contributed by atoms with Gasteiger partial charge in [-0.2, -0.15) is 5.26 Å². The van der Waals surface area contributed by atoms with E-state index in [1.54, 1.807) is 19.2 Å². The number of hydrogen-bond acceptors (Lipinski definition) is 6. The molecule has 7 heteroatoms. The van der Waals surface area contributed by atoms with E-state index in [1.807, 2.05) is 6.07 Å². The van der Waals surface area contributed by atoms with E-state index in [-0.39, 0.29) is 16.4 Å². The number of nitrogens with zero attached hydrogens (tertiary/aromatic N) is 2. The predicted octanol–water partition coefficient (Wildman–Crippen LogP) is 3.13. The van der Waals surface area contributed by atoms with Gasteiger partial charge in [-0.25, -0.2) is 13.4 Å². The van der Waals surface area contributed by atoms with Gasteiger partial charge in [0, 0.05) is 16.6 Å². The highest BCUT2D eigenvalue weighted by atomic mass is 32.2. The van der Waals surface area contributed by atoms with Crippen LogP contribution < -0.4 is 0 Å². The number of hydrogen-bond donors (Lipinski definition) is 0. The van der Waals surface area contributed by atoms with Crippen LogP contribution in [0.15, 0.2) is 34.5 Å². The number of sulfone groups is 1. The van der Waals surface area contributed by atoms with Crippen molar-refractivity contribution in [1.29, 1.82) is 5.26 Å². The fourth-order valence-electron chi connectivity index (χ4n) is 2.11. The molecule has 0 fully saturated rings. The molecule has 0 N–H and O–H groups in total. The van der Waals surface area contributed by atoms with Gasteiger partial charge >= 0.3 is 0 Å². The van der Waals surface area contributed by atoms with Crippen molar-refractivity contribution in [1.82, 2.24) is 4.98 Å². The van der Waals surface area contributed by atoms with Crippen LogP contribution in [0.25, 0.3) is 0 Å². The molecule has 0 aliphatic heterocycles. The molecule has 0 spiro atoms. The number of carbonyl (C=O) groups excluding carboxylic acids is 1. The molecule has 0 unspecified atom stereocenters. The molecular weight excluding hydrogens is 332 g/mol. The van der Waals surface area contributed by atoms with Crippen LogP contribution >= 0.6 is 11.3 Å². The Balaban J connectivity index is 2.28. The van der Waals surface area contributed by atoms with E-state index >= 15 is 0 Å². The maximum Gasteiger partial charge on any atom is 0.186 e. The molecule has 0 saturated carbocycles. The Morgan fingerprint density at radius 1 is 1.35 bits per heavy atom. The molecule has 2 rings (SSSR count). The molecule has 0 aliphatic rings. The van der Waals surface area contributed by atoms with Crippen molar-refractivity contribution in [2.75, 3.05) is 5.75 Å². The van der Waals surface area contributed by atoms with E-state index < -0.39 is 15.8 Å². The first kappa shape index (κ1) is 17.3. The van der Waals surface area contributed by atoms with E-state index in [2.05, 4.69) is 4.98 Å². The summed E-state index contributed by atoms with van der Waals surface area (Å²) >= 11 is 1.27. The molecule has 2 aromatic rings. The maximum absolute atomic E-state index is 12.5. The number of benzene rings is 1. The summed E-state index contributed by atoms with van der Waals surface area (Å²) in [4.78, 5) is 16.8. The van der Waals surface area contributed by atoms with Gasteiger partial charge in [-0.1, -0.05) is 19.1 Å². The van der Waals surface area contributed by atoms with E-state index in [1.165, 1.54) is 35.6 Å². The Labute approximate surface area is 139 Å². The summed E-state index contributed by atoms with van der Waals surface area (Å²) in [6.07, 6.45) is 0.531. The van der Waals surface area contributed by atoms with E-state index in [9.17, 15) is 18.5 Å². The summed E-state index contributed by atoms with van der Waals surface area (Å²) in [7, 11) is -3.31. The molecule has 0 radical (unpaired) electrons. The van der Waals surface area contributed by atoms with Gasteiger partial charge in [0.1, 0.15) is 5.01 Å². The number of Topliss-reactive ketones (excluding diaryl/α,β-unsaturated/α-hetero) is 1. The lowest BCUT2D eigenvalue weighted by molar-refractivity contribution is 0.0978.